The second-order valence-corrected chi connectivity index (χ2v) is 13.3. The zero-order valence-electron chi connectivity index (χ0n) is 27.0. The second-order valence-electron chi connectivity index (χ2n) is 12.3. The Morgan fingerprint density at radius 3 is 1.78 bits per heavy atom. The highest BCUT2D eigenvalue weighted by atomic mass is 32.1. The van der Waals surface area contributed by atoms with Gasteiger partial charge in [-0.15, -0.1) is 11.3 Å². The second kappa shape index (κ2) is 12.5. The Bertz CT molecular complexity index is 2740. The summed E-state index contributed by atoms with van der Waals surface area (Å²) in [5.74, 6) is 0.575. The molecule has 9 aromatic rings. The van der Waals surface area contributed by atoms with Crippen molar-refractivity contribution in [1.82, 2.24) is 4.57 Å². The number of para-hydroxylation sites is 1. The lowest BCUT2D eigenvalue weighted by atomic mass is 10.0. The fourth-order valence-corrected chi connectivity index (χ4v) is 7.83. The van der Waals surface area contributed by atoms with Crippen LogP contribution in [0.1, 0.15) is 11.1 Å². The number of nitrogens with one attached hydrogen (secondary N) is 1. The first kappa shape index (κ1) is 29.7. The molecule has 0 aliphatic carbocycles. The minimum Gasteiger partial charge on any atom is -0.278 e. The van der Waals surface area contributed by atoms with Crippen LogP contribution in [0.2, 0.25) is 0 Å². The Hall–Kier alpha value is -6.43. The molecule has 4 nitrogen and oxygen atoms in total. The molecule has 0 bridgehead atoms. The molecule has 5 heteroatoms. The Kier molecular flexibility index (Phi) is 7.45. The van der Waals surface area contributed by atoms with Gasteiger partial charge in [-0.3, -0.25) is 9.98 Å². The van der Waals surface area contributed by atoms with E-state index in [1.807, 2.05) is 65.4 Å². The molecule has 0 aliphatic heterocycles. The first-order valence-corrected chi connectivity index (χ1v) is 17.4. The number of rotatable bonds is 4. The number of benzene rings is 7. The molecule has 0 fully saturated rings. The van der Waals surface area contributed by atoms with Gasteiger partial charge < -0.3 is 0 Å². The van der Waals surface area contributed by atoms with Crippen molar-refractivity contribution in [2.45, 2.75) is 0 Å². The van der Waals surface area contributed by atoms with Crippen LogP contribution in [0, 0.1) is 5.41 Å². The van der Waals surface area contributed by atoms with E-state index < -0.39 is 0 Å². The summed E-state index contributed by atoms with van der Waals surface area (Å²) in [6.07, 6.45) is 1.83. The van der Waals surface area contributed by atoms with E-state index >= 15 is 0 Å². The van der Waals surface area contributed by atoms with Gasteiger partial charge in [0, 0.05) is 42.7 Å². The monoisotopic (exact) mass is 658 g/mol. The van der Waals surface area contributed by atoms with Gasteiger partial charge in [0.25, 0.3) is 0 Å². The molecular weight excluding hydrogens is 629 g/mol. The third kappa shape index (κ3) is 5.40. The van der Waals surface area contributed by atoms with Crippen LogP contribution in [-0.4, -0.2) is 22.6 Å². The Morgan fingerprint density at radius 1 is 0.500 bits per heavy atom. The summed E-state index contributed by atoms with van der Waals surface area (Å²) < 4.78 is 4.40. The third-order valence-corrected chi connectivity index (χ3v) is 10.3. The van der Waals surface area contributed by atoms with Gasteiger partial charge in [0.1, 0.15) is 0 Å². The maximum atomic E-state index is 9.49. The number of hydrogen-bond donors (Lipinski definition) is 1. The molecule has 7 aromatic carbocycles. The molecule has 0 atom stereocenters. The number of aromatic nitrogens is 1. The van der Waals surface area contributed by atoms with Crippen molar-refractivity contribution in [3.63, 3.8) is 0 Å². The van der Waals surface area contributed by atoms with Crippen LogP contribution in [0.15, 0.2) is 180 Å². The van der Waals surface area contributed by atoms with Gasteiger partial charge >= 0.3 is 0 Å². The third-order valence-electron chi connectivity index (χ3n) is 9.20. The van der Waals surface area contributed by atoms with Crippen LogP contribution >= 0.6 is 11.3 Å². The summed E-state index contributed by atoms with van der Waals surface area (Å²) in [7, 11) is 0. The van der Waals surface area contributed by atoms with E-state index in [0.29, 0.717) is 5.84 Å². The maximum absolute atomic E-state index is 9.49. The number of thiophene rings is 1. The van der Waals surface area contributed by atoms with Gasteiger partial charge in [-0.25, -0.2) is 4.99 Å². The highest BCUT2D eigenvalue weighted by molar-refractivity contribution is 7.25. The molecule has 2 aromatic heterocycles. The zero-order valence-corrected chi connectivity index (χ0v) is 27.8. The van der Waals surface area contributed by atoms with E-state index in [1.165, 1.54) is 25.7 Å². The van der Waals surface area contributed by atoms with Crippen molar-refractivity contribution in [2.24, 2.45) is 9.98 Å². The Labute approximate surface area is 293 Å². The van der Waals surface area contributed by atoms with E-state index in [9.17, 15) is 5.41 Å². The van der Waals surface area contributed by atoms with Crippen molar-refractivity contribution >= 4 is 71.3 Å². The van der Waals surface area contributed by atoms with Gasteiger partial charge in [-0.05, 0) is 52.1 Å². The SMILES string of the molecule is N=C(/N=C(\N=C\c1ccc(-c2ccccc2)cc1)c1ccc(-c2ccccc2)cc1)n1c2ccccc2c2cc3c(cc21)sc1ccccc13. The molecule has 0 spiro atoms. The summed E-state index contributed by atoms with van der Waals surface area (Å²) in [5.41, 5.74) is 8.26. The first-order valence-electron chi connectivity index (χ1n) is 16.6. The summed E-state index contributed by atoms with van der Waals surface area (Å²) in [5, 5.41) is 14.2. The topological polar surface area (TPSA) is 53.5 Å². The first-order chi connectivity index (χ1) is 24.7. The molecule has 0 saturated carbocycles. The summed E-state index contributed by atoms with van der Waals surface area (Å²) in [4.78, 5) is 9.89. The van der Waals surface area contributed by atoms with Crippen LogP contribution in [0.3, 0.4) is 0 Å². The Morgan fingerprint density at radius 2 is 1.08 bits per heavy atom. The molecule has 9 rings (SSSR count). The van der Waals surface area contributed by atoms with Crippen LogP contribution in [0.5, 0.6) is 0 Å². The van der Waals surface area contributed by atoms with Crippen molar-refractivity contribution < 1.29 is 0 Å². The van der Waals surface area contributed by atoms with Gasteiger partial charge in [0.05, 0.1) is 11.0 Å². The fraction of sp³-hybridized carbons (Fsp3) is 0. The molecule has 0 unspecified atom stereocenters. The van der Waals surface area contributed by atoms with E-state index in [1.54, 1.807) is 11.3 Å². The summed E-state index contributed by atoms with van der Waals surface area (Å²) >= 11 is 1.78. The molecule has 0 radical (unpaired) electrons. The predicted molar refractivity (Wildman–Crippen MR) is 213 cm³/mol. The lowest BCUT2D eigenvalue weighted by molar-refractivity contribution is 1.19. The summed E-state index contributed by atoms with van der Waals surface area (Å²) in [6.45, 7) is 0. The van der Waals surface area contributed by atoms with E-state index in [2.05, 4.69) is 115 Å². The van der Waals surface area contributed by atoms with Crippen LogP contribution in [0.25, 0.3) is 64.2 Å². The molecular formula is C45H30N4S. The molecule has 0 aliphatic rings. The highest BCUT2D eigenvalue weighted by Crippen LogP contribution is 2.39. The van der Waals surface area contributed by atoms with Crippen molar-refractivity contribution in [2.75, 3.05) is 0 Å². The standard InChI is InChI=1S/C45H30N4S/c46-45(49-40-17-9-7-15-36(40)38-27-39-37-16-8-10-18-42(37)50-43(39)28-41(38)49)48-44(35-25-23-34(24-26-35)32-13-5-2-6-14-32)47-29-30-19-21-33(22-20-30)31-11-3-1-4-12-31/h1-29,46H/b46-45?,47-29+,48-44-. The average Bonchev–Trinajstić information content (AvgIpc) is 3.71. The lowest BCUT2D eigenvalue weighted by Crippen LogP contribution is -2.11. The van der Waals surface area contributed by atoms with E-state index in [0.717, 1.165) is 49.6 Å². The maximum Gasteiger partial charge on any atom is 0.229 e. The number of aliphatic imine (C=N–C) groups is 2. The van der Waals surface area contributed by atoms with Crippen LogP contribution < -0.4 is 0 Å². The van der Waals surface area contributed by atoms with Crippen LogP contribution in [0.4, 0.5) is 0 Å². The molecule has 236 valence electrons. The zero-order chi connectivity index (χ0) is 33.4. The quantitative estimate of drug-likeness (QED) is 0.145. The molecule has 1 N–H and O–H groups in total. The largest absolute Gasteiger partial charge is 0.278 e. The van der Waals surface area contributed by atoms with Gasteiger partial charge in [0.2, 0.25) is 5.96 Å². The van der Waals surface area contributed by atoms with Crippen molar-refractivity contribution in [3.05, 3.63) is 181 Å². The van der Waals surface area contributed by atoms with Crippen molar-refractivity contribution in [1.29, 1.82) is 5.41 Å². The predicted octanol–water partition coefficient (Wildman–Crippen LogP) is 11.8. The minimum absolute atomic E-state index is 0.107. The number of nitrogens with zero attached hydrogens (tertiary/aromatic N) is 3. The van der Waals surface area contributed by atoms with Gasteiger partial charge in [0.15, 0.2) is 5.84 Å². The molecule has 2 heterocycles. The molecule has 0 saturated heterocycles. The highest BCUT2D eigenvalue weighted by Gasteiger charge is 2.17. The summed E-state index contributed by atoms with van der Waals surface area (Å²) in [6, 6.07) is 58.6. The fourth-order valence-electron chi connectivity index (χ4n) is 6.70. The minimum atomic E-state index is 0.107. The molecule has 0 amide bonds. The number of hydrogen-bond acceptors (Lipinski definition) is 2. The van der Waals surface area contributed by atoms with Gasteiger partial charge in [-0.1, -0.05) is 146 Å². The smallest absolute Gasteiger partial charge is 0.229 e. The number of amidine groups is 1. The number of fused-ring (bicyclic) bond motifs is 6. The normalized spacial score (nSPS) is 12.1. The van der Waals surface area contributed by atoms with Crippen LogP contribution in [-0.2, 0) is 0 Å². The lowest BCUT2D eigenvalue weighted by Gasteiger charge is -2.08. The van der Waals surface area contributed by atoms with E-state index in [-0.39, 0.29) is 5.96 Å². The Balaban J connectivity index is 1.16. The average molecular weight is 659 g/mol. The van der Waals surface area contributed by atoms with Crippen molar-refractivity contribution in [3.8, 4) is 22.3 Å². The van der Waals surface area contributed by atoms with E-state index in [4.69, 9.17) is 9.98 Å². The molecule has 50 heavy (non-hydrogen) atoms. The van der Waals surface area contributed by atoms with Gasteiger partial charge in [-0.2, -0.15) is 4.99 Å².